The fraction of sp³-hybridized carbons (Fsp3) is 0.900. The molecule has 78 valence electrons. The summed E-state index contributed by atoms with van der Waals surface area (Å²) >= 11 is 0. The average Bonchev–Trinajstić information content (AvgIpc) is 2.04. The molecule has 0 rings (SSSR count). The van der Waals surface area contributed by atoms with Gasteiger partial charge in [-0.25, -0.2) is 0 Å². The van der Waals surface area contributed by atoms with Gasteiger partial charge in [-0.05, 0) is 33.4 Å². The van der Waals surface area contributed by atoms with Gasteiger partial charge in [0, 0.05) is 12.5 Å². The van der Waals surface area contributed by atoms with Crippen LogP contribution in [-0.2, 0) is 0 Å². The fourth-order valence-electron chi connectivity index (χ4n) is 1.38. The number of nitrogens with one attached hydrogen (secondary N) is 1. The Morgan fingerprint density at radius 3 is 2.62 bits per heavy atom. The summed E-state index contributed by atoms with van der Waals surface area (Å²) in [4.78, 5) is 2.34. The molecular weight excluding hydrogens is 162 g/mol. The van der Waals surface area contributed by atoms with E-state index in [2.05, 4.69) is 25.8 Å². The molecule has 0 aromatic rings. The van der Waals surface area contributed by atoms with E-state index < -0.39 is 0 Å². The Balaban J connectivity index is 3.49. The minimum atomic E-state index is 0.302. The van der Waals surface area contributed by atoms with E-state index in [9.17, 15) is 0 Å². The van der Waals surface area contributed by atoms with Gasteiger partial charge in [0.1, 0.15) is 0 Å². The van der Waals surface area contributed by atoms with Crippen molar-refractivity contribution in [1.82, 2.24) is 4.90 Å². The highest BCUT2D eigenvalue weighted by Crippen LogP contribution is 2.04. The van der Waals surface area contributed by atoms with Gasteiger partial charge in [0.2, 0.25) is 0 Å². The normalized spacial score (nSPS) is 13.2. The molecule has 0 aliphatic rings. The highest BCUT2D eigenvalue weighted by atomic mass is 15.1. The first-order chi connectivity index (χ1) is 6.07. The van der Waals surface area contributed by atoms with Crippen LogP contribution in [0, 0.1) is 5.41 Å². The standard InChI is InChI=1S/C10H23N3/c1-4-6-9(2)13(3)8-5-7-10(11)12/h9H,4-8H2,1-3H3,(H3,11,12). The molecule has 1 atom stereocenters. The van der Waals surface area contributed by atoms with Crippen LogP contribution in [0.5, 0.6) is 0 Å². The van der Waals surface area contributed by atoms with Gasteiger partial charge in [0.15, 0.2) is 0 Å². The molecule has 0 radical (unpaired) electrons. The van der Waals surface area contributed by atoms with E-state index in [0.29, 0.717) is 11.9 Å². The van der Waals surface area contributed by atoms with Crippen LogP contribution in [0.15, 0.2) is 0 Å². The zero-order valence-electron chi connectivity index (χ0n) is 9.14. The maximum Gasteiger partial charge on any atom is 0.0905 e. The van der Waals surface area contributed by atoms with Gasteiger partial charge < -0.3 is 10.6 Å². The highest BCUT2D eigenvalue weighted by molar-refractivity contribution is 5.76. The molecule has 3 N–H and O–H groups in total. The van der Waals surface area contributed by atoms with Crippen LogP contribution < -0.4 is 5.73 Å². The van der Waals surface area contributed by atoms with Gasteiger partial charge in [0.05, 0.1) is 5.84 Å². The SMILES string of the molecule is CCCC(C)N(C)CCCC(=N)N. The molecular formula is C10H23N3. The summed E-state index contributed by atoms with van der Waals surface area (Å²) in [5.41, 5.74) is 5.28. The lowest BCUT2D eigenvalue weighted by Crippen LogP contribution is -2.30. The van der Waals surface area contributed by atoms with Crippen LogP contribution in [0.2, 0.25) is 0 Å². The van der Waals surface area contributed by atoms with E-state index in [1.807, 2.05) is 0 Å². The van der Waals surface area contributed by atoms with Gasteiger partial charge in [-0.2, -0.15) is 0 Å². The minimum absolute atomic E-state index is 0.302. The first kappa shape index (κ1) is 12.4. The molecule has 0 saturated heterocycles. The van der Waals surface area contributed by atoms with Crippen molar-refractivity contribution >= 4 is 5.84 Å². The minimum Gasteiger partial charge on any atom is -0.388 e. The quantitative estimate of drug-likeness (QED) is 0.469. The van der Waals surface area contributed by atoms with E-state index >= 15 is 0 Å². The van der Waals surface area contributed by atoms with Crippen molar-refractivity contribution in [1.29, 1.82) is 5.41 Å². The third kappa shape index (κ3) is 6.58. The Labute approximate surface area is 81.8 Å². The zero-order valence-corrected chi connectivity index (χ0v) is 9.14. The van der Waals surface area contributed by atoms with Crippen LogP contribution in [0.25, 0.3) is 0 Å². The second-order valence-corrected chi connectivity index (χ2v) is 3.75. The average molecular weight is 185 g/mol. The van der Waals surface area contributed by atoms with Crippen LogP contribution in [0.3, 0.4) is 0 Å². The van der Waals surface area contributed by atoms with Crippen molar-refractivity contribution in [3.63, 3.8) is 0 Å². The van der Waals surface area contributed by atoms with Crippen molar-refractivity contribution in [2.75, 3.05) is 13.6 Å². The first-order valence-electron chi connectivity index (χ1n) is 5.11. The van der Waals surface area contributed by atoms with Crippen LogP contribution in [0.4, 0.5) is 0 Å². The molecule has 0 bridgehead atoms. The number of nitrogens with zero attached hydrogens (tertiary/aromatic N) is 1. The zero-order chi connectivity index (χ0) is 10.3. The number of amidine groups is 1. The van der Waals surface area contributed by atoms with Gasteiger partial charge >= 0.3 is 0 Å². The lowest BCUT2D eigenvalue weighted by Gasteiger charge is -2.23. The maximum atomic E-state index is 7.09. The Kier molecular flexibility index (Phi) is 6.59. The van der Waals surface area contributed by atoms with E-state index in [0.717, 1.165) is 19.4 Å². The van der Waals surface area contributed by atoms with Gasteiger partial charge in [0.25, 0.3) is 0 Å². The predicted molar refractivity (Wildman–Crippen MR) is 58.1 cm³/mol. The summed E-state index contributed by atoms with van der Waals surface area (Å²) in [6.07, 6.45) is 4.21. The molecule has 13 heavy (non-hydrogen) atoms. The summed E-state index contributed by atoms with van der Waals surface area (Å²) in [5.74, 6) is 0.302. The largest absolute Gasteiger partial charge is 0.388 e. The number of hydrogen-bond donors (Lipinski definition) is 2. The van der Waals surface area contributed by atoms with E-state index in [1.165, 1.54) is 12.8 Å². The molecule has 0 saturated carbocycles. The highest BCUT2D eigenvalue weighted by Gasteiger charge is 2.06. The van der Waals surface area contributed by atoms with Crippen LogP contribution >= 0.6 is 0 Å². The monoisotopic (exact) mass is 185 g/mol. The molecule has 0 aliphatic carbocycles. The van der Waals surface area contributed by atoms with E-state index in [4.69, 9.17) is 11.1 Å². The third-order valence-corrected chi connectivity index (χ3v) is 2.42. The Hall–Kier alpha value is -0.570. The topological polar surface area (TPSA) is 53.1 Å². The van der Waals surface area contributed by atoms with Gasteiger partial charge in [-0.15, -0.1) is 0 Å². The Morgan fingerprint density at radius 1 is 1.54 bits per heavy atom. The lowest BCUT2D eigenvalue weighted by atomic mass is 10.1. The maximum absolute atomic E-state index is 7.09. The molecule has 0 aliphatic heterocycles. The summed E-state index contributed by atoms with van der Waals surface area (Å²) in [7, 11) is 2.14. The number of rotatable bonds is 7. The molecule has 0 fully saturated rings. The Morgan fingerprint density at radius 2 is 2.15 bits per heavy atom. The molecule has 1 unspecified atom stereocenters. The van der Waals surface area contributed by atoms with Crippen molar-refractivity contribution in [2.45, 2.75) is 45.6 Å². The van der Waals surface area contributed by atoms with Gasteiger partial charge in [-0.3, -0.25) is 5.41 Å². The lowest BCUT2D eigenvalue weighted by molar-refractivity contribution is 0.243. The van der Waals surface area contributed by atoms with E-state index in [-0.39, 0.29) is 0 Å². The molecule has 3 nitrogen and oxygen atoms in total. The van der Waals surface area contributed by atoms with Crippen LogP contribution in [-0.4, -0.2) is 30.4 Å². The number of hydrogen-bond acceptors (Lipinski definition) is 2. The van der Waals surface area contributed by atoms with Crippen molar-refractivity contribution in [3.05, 3.63) is 0 Å². The molecule has 3 heteroatoms. The molecule has 0 aromatic heterocycles. The molecule has 0 spiro atoms. The molecule has 0 heterocycles. The van der Waals surface area contributed by atoms with Crippen molar-refractivity contribution in [3.8, 4) is 0 Å². The third-order valence-electron chi connectivity index (χ3n) is 2.42. The fourth-order valence-corrected chi connectivity index (χ4v) is 1.38. The van der Waals surface area contributed by atoms with Gasteiger partial charge in [-0.1, -0.05) is 13.3 Å². The second kappa shape index (κ2) is 6.89. The Bertz CT molecular complexity index is 145. The first-order valence-corrected chi connectivity index (χ1v) is 5.11. The molecule has 0 aromatic carbocycles. The second-order valence-electron chi connectivity index (χ2n) is 3.75. The molecule has 0 amide bonds. The summed E-state index contributed by atoms with van der Waals surface area (Å²) in [5, 5.41) is 7.09. The smallest absolute Gasteiger partial charge is 0.0905 e. The van der Waals surface area contributed by atoms with Crippen LogP contribution in [0.1, 0.15) is 39.5 Å². The van der Waals surface area contributed by atoms with Crippen molar-refractivity contribution < 1.29 is 0 Å². The van der Waals surface area contributed by atoms with E-state index in [1.54, 1.807) is 0 Å². The predicted octanol–water partition coefficient (Wildman–Crippen LogP) is 1.82. The summed E-state index contributed by atoms with van der Waals surface area (Å²) in [6.45, 7) is 5.50. The summed E-state index contributed by atoms with van der Waals surface area (Å²) in [6, 6.07) is 0.650. The van der Waals surface area contributed by atoms with Crippen molar-refractivity contribution in [2.24, 2.45) is 5.73 Å². The summed E-state index contributed by atoms with van der Waals surface area (Å²) < 4.78 is 0. The number of nitrogens with two attached hydrogens (primary N) is 1.